The summed E-state index contributed by atoms with van der Waals surface area (Å²) in [6, 6.07) is 7.98. The maximum atomic E-state index is 14.1. The van der Waals surface area contributed by atoms with Gasteiger partial charge in [0, 0.05) is 19.6 Å². The number of likely N-dealkylation sites (N-methyl/N-ethyl adjacent to an activating group) is 1. The predicted molar refractivity (Wildman–Crippen MR) is 147 cm³/mol. The number of thiazole rings is 1. The van der Waals surface area contributed by atoms with Crippen LogP contribution in [0.1, 0.15) is 33.1 Å². The van der Waals surface area contributed by atoms with E-state index in [1.165, 1.54) is 21.7 Å². The third-order valence-electron chi connectivity index (χ3n) is 6.47. The number of sulfonamides is 1. The Labute approximate surface area is 225 Å². The molecule has 1 aliphatic heterocycles. The first kappa shape index (κ1) is 27.3. The van der Waals surface area contributed by atoms with E-state index in [0.717, 1.165) is 35.5 Å². The summed E-state index contributed by atoms with van der Waals surface area (Å²) in [4.78, 5) is 22.8. The molecular formula is C24H31ClN4O4S3. The number of piperidine rings is 1. The molecular weight excluding hydrogens is 540 g/mol. The van der Waals surface area contributed by atoms with Crippen molar-refractivity contribution >= 4 is 65.6 Å². The third-order valence-corrected chi connectivity index (χ3v) is 11.1. The molecule has 3 heterocycles. The van der Waals surface area contributed by atoms with Gasteiger partial charge in [0.1, 0.15) is 21.5 Å². The summed E-state index contributed by atoms with van der Waals surface area (Å²) in [5.41, 5.74) is 0.696. The zero-order valence-corrected chi connectivity index (χ0v) is 23.9. The zero-order chi connectivity index (χ0) is 25.9. The van der Waals surface area contributed by atoms with Gasteiger partial charge in [0.05, 0.1) is 16.1 Å². The summed E-state index contributed by atoms with van der Waals surface area (Å²) in [5.74, 6) is 0.397. The fourth-order valence-corrected chi connectivity index (χ4v) is 8.72. The first-order valence-corrected chi connectivity index (χ1v) is 15.5. The summed E-state index contributed by atoms with van der Waals surface area (Å²) in [7, 11) is -2.26. The molecule has 0 aliphatic carbocycles. The van der Waals surface area contributed by atoms with Crippen molar-refractivity contribution in [3.8, 4) is 5.75 Å². The standard InChI is InChI=1S/C24H31ClN4O4S3/c1-4-27(5-2)15-16-28(24-26-22-18(33-3)10-8-11-19(22)34-24)23(30)17-9-6-7-14-29(17)36(31,32)21-13-12-20(25)35-21/h8,10-13,17H,4-7,9,14-16H2,1-3H3. The Hall–Kier alpha value is -1.76. The topological polar surface area (TPSA) is 83.0 Å². The number of aromatic nitrogens is 1. The van der Waals surface area contributed by atoms with Gasteiger partial charge in [0.2, 0.25) is 5.91 Å². The lowest BCUT2D eigenvalue weighted by molar-refractivity contribution is -0.123. The van der Waals surface area contributed by atoms with Crippen LogP contribution in [0.2, 0.25) is 4.34 Å². The highest BCUT2D eigenvalue weighted by atomic mass is 35.5. The van der Waals surface area contributed by atoms with Crippen molar-refractivity contribution in [3.05, 3.63) is 34.7 Å². The predicted octanol–water partition coefficient (Wildman–Crippen LogP) is 4.94. The highest BCUT2D eigenvalue weighted by Gasteiger charge is 2.41. The molecule has 12 heteroatoms. The van der Waals surface area contributed by atoms with Crippen LogP contribution in [0.4, 0.5) is 5.13 Å². The average molecular weight is 571 g/mol. The van der Waals surface area contributed by atoms with Crippen molar-refractivity contribution < 1.29 is 17.9 Å². The minimum Gasteiger partial charge on any atom is -0.494 e. The van der Waals surface area contributed by atoms with Crippen LogP contribution in [0.25, 0.3) is 10.2 Å². The van der Waals surface area contributed by atoms with Crippen LogP contribution in [0.15, 0.2) is 34.5 Å². The van der Waals surface area contributed by atoms with Crippen molar-refractivity contribution in [1.29, 1.82) is 0 Å². The Bertz CT molecular complexity index is 1310. The van der Waals surface area contributed by atoms with Crippen molar-refractivity contribution in [1.82, 2.24) is 14.2 Å². The summed E-state index contributed by atoms with van der Waals surface area (Å²) in [6.45, 7) is 7.25. The van der Waals surface area contributed by atoms with Crippen LogP contribution < -0.4 is 9.64 Å². The van der Waals surface area contributed by atoms with Crippen LogP contribution in [0.5, 0.6) is 5.75 Å². The number of para-hydroxylation sites is 1. The van der Waals surface area contributed by atoms with Crippen LogP contribution in [0, 0.1) is 0 Å². The molecule has 1 fully saturated rings. The number of carbonyl (C=O) groups is 1. The molecule has 0 radical (unpaired) electrons. The number of thiophene rings is 1. The molecule has 1 atom stereocenters. The lowest BCUT2D eigenvalue weighted by atomic mass is 10.0. The number of anilines is 1. The number of methoxy groups -OCH3 is 1. The molecule has 0 bridgehead atoms. The molecule has 1 aliphatic rings. The Kier molecular flexibility index (Phi) is 8.90. The van der Waals surface area contributed by atoms with Crippen LogP contribution >= 0.6 is 34.3 Å². The van der Waals surface area contributed by atoms with Crippen molar-refractivity contribution in [3.63, 3.8) is 0 Å². The Morgan fingerprint density at radius 1 is 1.17 bits per heavy atom. The van der Waals surface area contributed by atoms with E-state index >= 15 is 0 Å². The Balaban J connectivity index is 1.71. The first-order valence-electron chi connectivity index (χ1n) is 12.0. The van der Waals surface area contributed by atoms with E-state index in [4.69, 9.17) is 21.3 Å². The van der Waals surface area contributed by atoms with Crippen LogP contribution in [0.3, 0.4) is 0 Å². The molecule has 4 rings (SSSR count). The summed E-state index contributed by atoms with van der Waals surface area (Å²) in [5, 5.41) is 0.550. The number of benzene rings is 1. The summed E-state index contributed by atoms with van der Waals surface area (Å²) in [6.07, 6.45) is 1.96. The number of nitrogens with zero attached hydrogens (tertiary/aromatic N) is 4. The van der Waals surface area contributed by atoms with E-state index in [1.807, 2.05) is 18.2 Å². The minimum absolute atomic E-state index is 0.159. The number of fused-ring (bicyclic) bond motifs is 1. The summed E-state index contributed by atoms with van der Waals surface area (Å²) < 4.78 is 35.4. The van der Waals surface area contributed by atoms with Gasteiger partial charge in [-0.15, -0.1) is 11.3 Å². The van der Waals surface area contributed by atoms with Gasteiger partial charge >= 0.3 is 0 Å². The number of hydrogen-bond acceptors (Lipinski definition) is 8. The normalized spacial score (nSPS) is 17.1. The smallest absolute Gasteiger partial charge is 0.253 e. The first-order chi connectivity index (χ1) is 17.3. The van der Waals surface area contributed by atoms with Gasteiger partial charge in [-0.05, 0) is 50.2 Å². The van der Waals surface area contributed by atoms with Gasteiger partial charge in [-0.3, -0.25) is 9.69 Å². The second-order valence-corrected chi connectivity index (χ2v) is 13.3. The lowest BCUT2D eigenvalue weighted by Crippen LogP contribution is -2.54. The SMILES string of the molecule is CCN(CC)CCN(C(=O)C1CCCCN1S(=O)(=O)c1ccc(Cl)s1)c1nc2c(OC)cccc2s1. The largest absolute Gasteiger partial charge is 0.494 e. The highest BCUT2D eigenvalue weighted by Crippen LogP contribution is 2.36. The lowest BCUT2D eigenvalue weighted by Gasteiger charge is -2.36. The average Bonchev–Trinajstić information content (AvgIpc) is 3.53. The van der Waals surface area contributed by atoms with Gasteiger partial charge in [-0.25, -0.2) is 13.4 Å². The number of amides is 1. The fraction of sp³-hybridized carbons (Fsp3) is 0.500. The van der Waals surface area contributed by atoms with E-state index in [9.17, 15) is 13.2 Å². The van der Waals surface area contributed by atoms with Gasteiger partial charge < -0.3 is 9.64 Å². The Morgan fingerprint density at radius 2 is 1.94 bits per heavy atom. The fourth-order valence-electron chi connectivity index (χ4n) is 4.44. The van der Waals surface area contributed by atoms with Gasteiger partial charge in [-0.1, -0.05) is 49.3 Å². The summed E-state index contributed by atoms with van der Waals surface area (Å²) >= 11 is 8.46. The molecule has 1 amide bonds. The van der Waals surface area contributed by atoms with E-state index in [1.54, 1.807) is 18.1 Å². The zero-order valence-electron chi connectivity index (χ0n) is 20.6. The maximum Gasteiger partial charge on any atom is 0.253 e. The molecule has 1 unspecified atom stereocenters. The van der Waals surface area contributed by atoms with Gasteiger partial charge in [0.15, 0.2) is 5.13 Å². The van der Waals surface area contributed by atoms with Gasteiger partial charge in [0.25, 0.3) is 10.0 Å². The molecule has 3 aromatic rings. The van der Waals surface area contributed by atoms with Crippen LogP contribution in [-0.4, -0.2) is 74.4 Å². The molecule has 0 spiro atoms. The number of ether oxygens (including phenoxy) is 1. The van der Waals surface area contributed by atoms with Crippen molar-refractivity contribution in [2.75, 3.05) is 44.7 Å². The maximum absolute atomic E-state index is 14.1. The molecule has 8 nitrogen and oxygen atoms in total. The Morgan fingerprint density at radius 3 is 2.61 bits per heavy atom. The van der Waals surface area contributed by atoms with Crippen molar-refractivity contribution in [2.45, 2.75) is 43.4 Å². The molecule has 0 saturated carbocycles. The van der Waals surface area contributed by atoms with E-state index in [2.05, 4.69) is 18.7 Å². The molecule has 0 N–H and O–H groups in total. The van der Waals surface area contributed by atoms with E-state index in [-0.39, 0.29) is 10.1 Å². The molecule has 1 aromatic carbocycles. The monoisotopic (exact) mass is 570 g/mol. The molecule has 2 aromatic heterocycles. The molecule has 36 heavy (non-hydrogen) atoms. The van der Waals surface area contributed by atoms with E-state index in [0.29, 0.717) is 53.2 Å². The number of hydrogen-bond donors (Lipinski definition) is 0. The number of carbonyl (C=O) groups excluding carboxylic acids is 1. The van der Waals surface area contributed by atoms with Crippen LogP contribution in [-0.2, 0) is 14.8 Å². The minimum atomic E-state index is -3.85. The molecule has 1 saturated heterocycles. The van der Waals surface area contributed by atoms with Crippen molar-refractivity contribution in [2.24, 2.45) is 0 Å². The highest BCUT2D eigenvalue weighted by molar-refractivity contribution is 7.91. The van der Waals surface area contributed by atoms with E-state index < -0.39 is 16.1 Å². The number of rotatable bonds is 10. The molecule has 196 valence electrons. The number of halogens is 1. The second-order valence-electron chi connectivity index (χ2n) is 8.51. The quantitative estimate of drug-likeness (QED) is 0.343. The third kappa shape index (κ3) is 5.56. The second kappa shape index (κ2) is 11.7. The van der Waals surface area contributed by atoms with Gasteiger partial charge in [-0.2, -0.15) is 4.31 Å².